The molecule has 0 atom stereocenters. The summed E-state index contributed by atoms with van der Waals surface area (Å²) in [6, 6.07) is 0. The molecule has 0 amide bonds. The minimum atomic E-state index is 0.942. The van der Waals surface area contributed by atoms with Crippen molar-refractivity contribution < 1.29 is 0 Å². The summed E-state index contributed by atoms with van der Waals surface area (Å²) in [7, 11) is 0. The summed E-state index contributed by atoms with van der Waals surface area (Å²) < 4.78 is 0. The third-order valence-corrected chi connectivity index (χ3v) is 2.97. The quantitative estimate of drug-likeness (QED) is 0.251. The van der Waals surface area contributed by atoms with Gasteiger partial charge >= 0.3 is 0 Å². The Balaban J connectivity index is 2.00. The van der Waals surface area contributed by atoms with E-state index in [1.807, 2.05) is 0 Å². The molecule has 0 aromatic heterocycles. The molecule has 10 N–H and O–H groups in total. The first-order valence-corrected chi connectivity index (χ1v) is 7.46. The third-order valence-electron chi connectivity index (χ3n) is 2.97. The topological polar surface area (TPSA) is 120 Å². The van der Waals surface area contributed by atoms with Crippen molar-refractivity contribution in [3.63, 3.8) is 0 Å². The minimum Gasteiger partial charge on any atom is -0.243 e. The Labute approximate surface area is 120 Å². The summed E-state index contributed by atoms with van der Waals surface area (Å²) in [6.45, 7) is 1.88. The third kappa shape index (κ3) is 12.6. The van der Waals surface area contributed by atoms with E-state index in [-0.39, 0.29) is 0 Å². The summed E-state index contributed by atoms with van der Waals surface area (Å²) in [5, 5.41) is 0. The van der Waals surface area contributed by atoms with E-state index in [1.54, 1.807) is 0 Å². The van der Waals surface area contributed by atoms with Gasteiger partial charge in [-0.15, -0.1) is 0 Å². The molecule has 0 aliphatic carbocycles. The standard InChI is InChI=1S/C10H30N10/c1-2-4-6-8-10-12-14-16-18-20-19-17-15-13-11-9-7-5-3-1/h11-20H,1-10H2. The molecule has 10 heteroatoms. The van der Waals surface area contributed by atoms with E-state index >= 15 is 0 Å². The molecule has 0 aromatic carbocycles. The fraction of sp³-hybridized carbons (Fsp3) is 1.00. The van der Waals surface area contributed by atoms with Crippen LogP contribution in [0.25, 0.3) is 0 Å². The lowest BCUT2D eigenvalue weighted by Crippen LogP contribution is -2.65. The van der Waals surface area contributed by atoms with Gasteiger partial charge in [-0.3, -0.25) is 0 Å². The van der Waals surface area contributed by atoms with E-state index in [4.69, 9.17) is 0 Å². The Hall–Kier alpha value is -0.400. The second-order valence-electron chi connectivity index (χ2n) is 4.68. The van der Waals surface area contributed by atoms with Crippen LogP contribution in [-0.4, -0.2) is 13.1 Å². The first-order chi connectivity index (χ1) is 10.0. The number of rotatable bonds is 0. The van der Waals surface area contributed by atoms with Crippen LogP contribution in [0.4, 0.5) is 0 Å². The second-order valence-corrected chi connectivity index (χ2v) is 4.68. The normalized spacial score (nSPS) is 24.0. The van der Waals surface area contributed by atoms with Crippen LogP contribution in [0.5, 0.6) is 0 Å². The molecule has 0 spiro atoms. The molecule has 0 bridgehead atoms. The predicted octanol–water partition coefficient (Wildman–Crippen LogP) is -1.75. The molecule has 1 aliphatic heterocycles. The lowest BCUT2D eigenvalue weighted by molar-refractivity contribution is 0.232. The molecule has 0 saturated carbocycles. The Morgan fingerprint density at radius 2 is 0.600 bits per heavy atom. The largest absolute Gasteiger partial charge is 0.243 e. The van der Waals surface area contributed by atoms with E-state index in [9.17, 15) is 0 Å². The van der Waals surface area contributed by atoms with Crippen LogP contribution >= 0.6 is 0 Å². The number of hydrogen-bond acceptors (Lipinski definition) is 10. The van der Waals surface area contributed by atoms with Crippen LogP contribution in [0.1, 0.15) is 51.4 Å². The van der Waals surface area contributed by atoms with Crippen molar-refractivity contribution in [3.05, 3.63) is 0 Å². The fourth-order valence-corrected chi connectivity index (χ4v) is 1.89. The number of hydrazine groups is 9. The average Bonchev–Trinajstić information content (AvgIpc) is 2.46. The molecular formula is C10H30N10. The summed E-state index contributed by atoms with van der Waals surface area (Å²) in [6.07, 6.45) is 10.3. The SMILES string of the molecule is C1CCCCCNNNNNNNNNNCCCC1. The van der Waals surface area contributed by atoms with Crippen molar-refractivity contribution in [2.45, 2.75) is 51.4 Å². The van der Waals surface area contributed by atoms with Crippen molar-refractivity contribution in [2.24, 2.45) is 0 Å². The lowest BCUT2D eigenvalue weighted by atomic mass is 10.1. The highest BCUT2D eigenvalue weighted by atomic mass is 15.9. The Morgan fingerprint density at radius 3 is 1.00 bits per heavy atom. The maximum Gasteiger partial charge on any atom is 0.0113 e. The molecule has 1 aliphatic rings. The molecular weight excluding hydrogens is 260 g/mol. The van der Waals surface area contributed by atoms with E-state index in [1.165, 1.54) is 51.4 Å². The molecule has 10 nitrogen and oxygen atoms in total. The molecule has 1 saturated heterocycles. The maximum absolute atomic E-state index is 3.06. The van der Waals surface area contributed by atoms with Crippen molar-refractivity contribution >= 4 is 0 Å². The second kappa shape index (κ2) is 15.0. The number of nitrogens with one attached hydrogen (secondary N) is 10. The monoisotopic (exact) mass is 290 g/mol. The summed E-state index contributed by atoms with van der Waals surface area (Å²) in [5.74, 6) is 0. The lowest BCUT2D eigenvalue weighted by Gasteiger charge is -2.14. The molecule has 0 unspecified atom stereocenters. The average molecular weight is 290 g/mol. The van der Waals surface area contributed by atoms with Gasteiger partial charge in [-0.25, -0.2) is 10.9 Å². The summed E-state index contributed by atoms with van der Waals surface area (Å²) in [5.41, 5.74) is 27.8. The zero-order chi connectivity index (χ0) is 14.1. The van der Waals surface area contributed by atoms with Gasteiger partial charge in [0.15, 0.2) is 0 Å². The molecule has 20 heavy (non-hydrogen) atoms. The Morgan fingerprint density at radius 1 is 0.300 bits per heavy atom. The van der Waals surface area contributed by atoms with Gasteiger partial charge in [0.05, 0.1) is 0 Å². The van der Waals surface area contributed by atoms with Crippen LogP contribution in [0.15, 0.2) is 0 Å². The van der Waals surface area contributed by atoms with Gasteiger partial charge in [0, 0.05) is 13.1 Å². The molecule has 0 aromatic rings. The van der Waals surface area contributed by atoms with Crippen molar-refractivity contribution in [2.75, 3.05) is 13.1 Å². The van der Waals surface area contributed by atoms with Gasteiger partial charge in [0.1, 0.15) is 0 Å². The van der Waals surface area contributed by atoms with Gasteiger partial charge in [-0.2, -0.15) is 44.3 Å². The Kier molecular flexibility index (Phi) is 13.2. The first kappa shape index (κ1) is 17.7. The van der Waals surface area contributed by atoms with Gasteiger partial charge < -0.3 is 0 Å². The van der Waals surface area contributed by atoms with Crippen molar-refractivity contribution in [1.82, 2.24) is 55.1 Å². The van der Waals surface area contributed by atoms with E-state index in [2.05, 4.69) is 55.1 Å². The first-order valence-electron chi connectivity index (χ1n) is 7.46. The number of hydrogen-bond donors (Lipinski definition) is 10. The van der Waals surface area contributed by atoms with Crippen LogP contribution in [-0.2, 0) is 0 Å². The van der Waals surface area contributed by atoms with Crippen LogP contribution in [0.2, 0.25) is 0 Å². The maximum atomic E-state index is 3.06. The van der Waals surface area contributed by atoms with Crippen molar-refractivity contribution in [1.29, 1.82) is 0 Å². The predicted molar refractivity (Wildman–Crippen MR) is 78.0 cm³/mol. The molecule has 0 radical (unpaired) electrons. The Bertz CT molecular complexity index is 106. The molecule has 1 fully saturated rings. The van der Waals surface area contributed by atoms with Gasteiger partial charge in [-0.1, -0.05) is 38.5 Å². The van der Waals surface area contributed by atoms with Gasteiger partial charge in [0.25, 0.3) is 0 Å². The zero-order valence-electron chi connectivity index (χ0n) is 12.1. The highest BCUT2D eigenvalue weighted by Gasteiger charge is 1.93. The highest BCUT2D eigenvalue weighted by molar-refractivity contribution is 4.49. The van der Waals surface area contributed by atoms with Gasteiger partial charge in [-0.05, 0) is 12.8 Å². The summed E-state index contributed by atoms with van der Waals surface area (Å²) in [4.78, 5) is 0. The molecule has 1 heterocycles. The molecule has 120 valence electrons. The minimum absolute atomic E-state index is 0.942. The zero-order valence-corrected chi connectivity index (χ0v) is 12.1. The van der Waals surface area contributed by atoms with Crippen molar-refractivity contribution in [3.8, 4) is 0 Å². The van der Waals surface area contributed by atoms with Crippen LogP contribution < -0.4 is 55.1 Å². The summed E-state index contributed by atoms with van der Waals surface area (Å²) >= 11 is 0. The van der Waals surface area contributed by atoms with Crippen LogP contribution in [0.3, 0.4) is 0 Å². The van der Waals surface area contributed by atoms with E-state index in [0.717, 1.165) is 13.1 Å². The smallest absolute Gasteiger partial charge is 0.0113 e. The highest BCUT2D eigenvalue weighted by Crippen LogP contribution is 2.07. The van der Waals surface area contributed by atoms with Crippen LogP contribution in [0, 0.1) is 0 Å². The van der Waals surface area contributed by atoms with E-state index < -0.39 is 0 Å². The van der Waals surface area contributed by atoms with Gasteiger partial charge in [0.2, 0.25) is 0 Å². The van der Waals surface area contributed by atoms with E-state index in [0.29, 0.717) is 0 Å². The molecule has 1 rings (SSSR count). The fourth-order valence-electron chi connectivity index (χ4n) is 1.89.